The lowest BCUT2D eigenvalue weighted by atomic mass is 9.71. The maximum atomic E-state index is 13.7. The number of hydrogen-bond acceptors (Lipinski definition) is 2. The van der Waals surface area contributed by atoms with Crippen LogP contribution in [0.1, 0.15) is 50.5 Å². The first-order valence-electron chi connectivity index (χ1n) is 8.24. The van der Waals surface area contributed by atoms with Gasteiger partial charge in [0.2, 0.25) is 0 Å². The Hall–Kier alpha value is -0.970. The van der Waals surface area contributed by atoms with E-state index in [1.54, 1.807) is 6.92 Å². The third kappa shape index (κ3) is 4.75. The summed E-state index contributed by atoms with van der Waals surface area (Å²) in [6, 6.07) is 7.38. The molecular weight excluding hydrogens is 366 g/mol. The van der Waals surface area contributed by atoms with Gasteiger partial charge in [0.15, 0.2) is 0 Å². The maximum absolute atomic E-state index is 13.7. The lowest BCUT2D eigenvalue weighted by Crippen LogP contribution is -2.35. The fourth-order valence-electron chi connectivity index (χ4n) is 3.60. The second-order valence-electron chi connectivity index (χ2n) is 6.09. The normalized spacial score (nSPS) is 18.7. The summed E-state index contributed by atoms with van der Waals surface area (Å²) < 4.78 is 33.3. The molecule has 128 valence electrons. The van der Waals surface area contributed by atoms with Crippen molar-refractivity contribution in [1.82, 2.24) is 0 Å². The molecule has 1 fully saturated rings. The van der Waals surface area contributed by atoms with Crippen molar-refractivity contribution >= 4 is 21.9 Å². The second-order valence-corrected chi connectivity index (χ2v) is 7.00. The SMILES string of the molecule is CCOC(=O)C(C(F)F)C(c1ccc(Br)cc1)C1CCCCC1. The van der Waals surface area contributed by atoms with Crippen molar-refractivity contribution in [3.63, 3.8) is 0 Å². The van der Waals surface area contributed by atoms with E-state index in [1.165, 1.54) is 0 Å². The van der Waals surface area contributed by atoms with E-state index in [0.29, 0.717) is 0 Å². The van der Waals surface area contributed by atoms with E-state index in [2.05, 4.69) is 15.9 Å². The minimum Gasteiger partial charge on any atom is -0.466 e. The molecule has 2 nitrogen and oxygen atoms in total. The molecule has 0 N–H and O–H groups in total. The van der Waals surface area contributed by atoms with Crippen LogP contribution in [0.2, 0.25) is 0 Å². The summed E-state index contributed by atoms with van der Waals surface area (Å²) in [6.45, 7) is 1.77. The van der Waals surface area contributed by atoms with Crippen molar-refractivity contribution in [2.24, 2.45) is 11.8 Å². The molecule has 0 spiro atoms. The lowest BCUT2D eigenvalue weighted by Gasteiger charge is -2.35. The third-order valence-corrected chi connectivity index (χ3v) is 5.16. The first kappa shape index (κ1) is 18.4. The predicted octanol–water partition coefficient (Wildman–Crippen LogP) is 5.56. The van der Waals surface area contributed by atoms with Gasteiger partial charge in [-0.2, -0.15) is 0 Å². The molecule has 1 aliphatic rings. The zero-order chi connectivity index (χ0) is 16.8. The van der Waals surface area contributed by atoms with E-state index in [1.807, 2.05) is 24.3 Å². The molecule has 1 aromatic carbocycles. The molecule has 0 saturated heterocycles. The fraction of sp³-hybridized carbons (Fsp3) is 0.611. The number of rotatable bonds is 6. The van der Waals surface area contributed by atoms with Gasteiger partial charge < -0.3 is 4.74 Å². The summed E-state index contributed by atoms with van der Waals surface area (Å²) in [7, 11) is 0. The first-order valence-corrected chi connectivity index (χ1v) is 9.04. The highest BCUT2D eigenvalue weighted by atomic mass is 79.9. The largest absolute Gasteiger partial charge is 0.466 e. The van der Waals surface area contributed by atoms with Crippen LogP contribution in [0.3, 0.4) is 0 Å². The van der Waals surface area contributed by atoms with E-state index < -0.39 is 24.2 Å². The van der Waals surface area contributed by atoms with Crippen LogP contribution in [0, 0.1) is 11.8 Å². The molecule has 2 atom stereocenters. The van der Waals surface area contributed by atoms with Crippen molar-refractivity contribution in [3.05, 3.63) is 34.3 Å². The molecule has 0 aromatic heterocycles. The van der Waals surface area contributed by atoms with Crippen molar-refractivity contribution in [2.45, 2.75) is 51.4 Å². The topological polar surface area (TPSA) is 26.3 Å². The van der Waals surface area contributed by atoms with Gasteiger partial charge in [-0.25, -0.2) is 8.78 Å². The predicted molar refractivity (Wildman–Crippen MR) is 89.6 cm³/mol. The molecule has 5 heteroatoms. The minimum absolute atomic E-state index is 0.105. The van der Waals surface area contributed by atoms with Gasteiger partial charge >= 0.3 is 5.97 Å². The van der Waals surface area contributed by atoms with Gasteiger partial charge in [0.1, 0.15) is 5.92 Å². The van der Waals surface area contributed by atoms with Crippen molar-refractivity contribution < 1.29 is 18.3 Å². The number of carbonyl (C=O) groups is 1. The number of esters is 1. The van der Waals surface area contributed by atoms with Gasteiger partial charge in [0, 0.05) is 10.4 Å². The smallest absolute Gasteiger partial charge is 0.315 e. The third-order valence-electron chi connectivity index (χ3n) is 4.63. The highest BCUT2D eigenvalue weighted by Crippen LogP contribution is 2.43. The summed E-state index contributed by atoms with van der Waals surface area (Å²) >= 11 is 3.37. The molecular formula is C18H23BrF2O2. The number of ether oxygens (including phenoxy) is 1. The van der Waals surface area contributed by atoms with Crippen LogP contribution in [0.15, 0.2) is 28.7 Å². The highest BCUT2D eigenvalue weighted by molar-refractivity contribution is 9.10. The van der Waals surface area contributed by atoms with Crippen molar-refractivity contribution in [3.8, 4) is 0 Å². The van der Waals surface area contributed by atoms with Gasteiger partial charge in [-0.05, 0) is 43.4 Å². The van der Waals surface area contributed by atoms with Gasteiger partial charge in [-0.15, -0.1) is 0 Å². The molecule has 1 saturated carbocycles. The van der Waals surface area contributed by atoms with Gasteiger partial charge in [-0.1, -0.05) is 47.3 Å². The molecule has 2 rings (SSSR count). The Balaban J connectivity index is 2.36. The van der Waals surface area contributed by atoms with Gasteiger partial charge in [0.05, 0.1) is 6.61 Å². The number of hydrogen-bond donors (Lipinski definition) is 0. The molecule has 0 aliphatic heterocycles. The minimum atomic E-state index is -2.72. The molecule has 23 heavy (non-hydrogen) atoms. The number of benzene rings is 1. The Morgan fingerprint density at radius 2 is 1.83 bits per heavy atom. The second kappa shape index (κ2) is 8.76. The van der Waals surface area contributed by atoms with Crippen LogP contribution >= 0.6 is 15.9 Å². The summed E-state index contributed by atoms with van der Waals surface area (Å²) in [5.41, 5.74) is 0.804. The monoisotopic (exact) mass is 388 g/mol. The Kier molecular flexibility index (Phi) is 7.00. The van der Waals surface area contributed by atoms with Crippen molar-refractivity contribution in [1.29, 1.82) is 0 Å². The Bertz CT molecular complexity index is 498. The average molecular weight is 389 g/mol. The quantitative estimate of drug-likeness (QED) is 0.596. The number of alkyl halides is 2. The molecule has 2 unspecified atom stereocenters. The maximum Gasteiger partial charge on any atom is 0.315 e. The average Bonchev–Trinajstić information content (AvgIpc) is 2.54. The molecule has 0 radical (unpaired) electrons. The number of carbonyl (C=O) groups excluding carboxylic acids is 1. The summed E-state index contributed by atoms with van der Waals surface area (Å²) in [5, 5.41) is 0. The van der Waals surface area contributed by atoms with Crippen molar-refractivity contribution in [2.75, 3.05) is 6.61 Å². The van der Waals surface area contributed by atoms with Gasteiger partial charge in [0.25, 0.3) is 6.43 Å². The van der Waals surface area contributed by atoms with Gasteiger partial charge in [-0.3, -0.25) is 4.79 Å². The number of halogens is 3. The Morgan fingerprint density at radius 3 is 2.35 bits per heavy atom. The van der Waals surface area contributed by atoms with Crippen LogP contribution in [0.5, 0.6) is 0 Å². The zero-order valence-electron chi connectivity index (χ0n) is 13.3. The Morgan fingerprint density at radius 1 is 1.22 bits per heavy atom. The van der Waals surface area contributed by atoms with Crippen LogP contribution in [-0.4, -0.2) is 19.0 Å². The standard InChI is InChI=1S/C18H23BrF2O2/c1-2-23-18(22)16(17(20)21)15(12-6-4-3-5-7-12)13-8-10-14(19)11-9-13/h8-12,15-17H,2-7H2,1H3. The zero-order valence-corrected chi connectivity index (χ0v) is 14.9. The molecule has 0 amide bonds. The fourth-order valence-corrected chi connectivity index (χ4v) is 3.86. The molecule has 0 bridgehead atoms. The van der Waals surface area contributed by atoms with E-state index in [-0.39, 0.29) is 12.5 Å². The van der Waals surface area contributed by atoms with Crippen LogP contribution in [0.25, 0.3) is 0 Å². The van der Waals surface area contributed by atoms with Crippen LogP contribution in [0.4, 0.5) is 8.78 Å². The van der Waals surface area contributed by atoms with E-state index >= 15 is 0 Å². The lowest BCUT2D eigenvalue weighted by molar-refractivity contribution is -0.156. The molecule has 1 aliphatic carbocycles. The van der Waals surface area contributed by atoms with E-state index in [4.69, 9.17) is 4.74 Å². The summed E-state index contributed by atoms with van der Waals surface area (Å²) in [6.07, 6.45) is 2.28. The Labute approximate surface area is 144 Å². The first-order chi connectivity index (χ1) is 11.0. The molecule has 0 heterocycles. The summed E-state index contributed by atoms with van der Waals surface area (Å²) in [5.74, 6) is -2.55. The highest BCUT2D eigenvalue weighted by Gasteiger charge is 2.42. The van der Waals surface area contributed by atoms with Crippen LogP contribution < -0.4 is 0 Å². The summed E-state index contributed by atoms with van der Waals surface area (Å²) in [4.78, 5) is 12.2. The van der Waals surface area contributed by atoms with E-state index in [9.17, 15) is 13.6 Å². The van der Waals surface area contributed by atoms with Crippen LogP contribution in [-0.2, 0) is 9.53 Å². The van der Waals surface area contributed by atoms with E-state index in [0.717, 1.165) is 42.1 Å². The molecule has 1 aromatic rings.